The zero-order chi connectivity index (χ0) is 12.6. The van der Waals surface area contributed by atoms with Gasteiger partial charge in [0.1, 0.15) is 0 Å². The van der Waals surface area contributed by atoms with Crippen LogP contribution in [0.25, 0.3) is 0 Å². The molecule has 1 aliphatic heterocycles. The summed E-state index contributed by atoms with van der Waals surface area (Å²) in [6, 6.07) is 0. The summed E-state index contributed by atoms with van der Waals surface area (Å²) in [6.07, 6.45) is 3.86. The lowest BCUT2D eigenvalue weighted by Gasteiger charge is -2.22. The Labute approximate surface area is 104 Å². The van der Waals surface area contributed by atoms with Crippen molar-refractivity contribution in [3.63, 3.8) is 0 Å². The van der Waals surface area contributed by atoms with Gasteiger partial charge in [0, 0.05) is 13.2 Å². The van der Waals surface area contributed by atoms with Gasteiger partial charge in [-0.3, -0.25) is 0 Å². The molecule has 1 heterocycles. The van der Waals surface area contributed by atoms with Crippen molar-refractivity contribution in [2.75, 3.05) is 32.0 Å². The number of nitrogens with one attached hydrogen (secondary N) is 2. The fraction of sp³-hybridized carbons (Fsp3) is 1.00. The van der Waals surface area contributed by atoms with Gasteiger partial charge < -0.3 is 10.1 Å². The molecular weight excluding hydrogens is 240 g/mol. The number of sulfonamides is 1. The zero-order valence-corrected chi connectivity index (χ0v) is 11.4. The predicted octanol–water partition coefficient (Wildman–Crippen LogP) is 0.475. The van der Waals surface area contributed by atoms with Gasteiger partial charge in [-0.15, -0.1) is 0 Å². The van der Waals surface area contributed by atoms with Crippen LogP contribution in [0.15, 0.2) is 0 Å². The van der Waals surface area contributed by atoms with Crippen LogP contribution in [-0.4, -0.2) is 46.5 Å². The second-order valence-corrected chi connectivity index (χ2v) is 6.31. The first-order valence-corrected chi connectivity index (χ1v) is 8.09. The summed E-state index contributed by atoms with van der Waals surface area (Å²) in [6.45, 7) is 5.02. The minimum Gasteiger partial charge on any atom is -0.378 e. The van der Waals surface area contributed by atoms with Crippen LogP contribution in [0, 0.1) is 0 Å². The van der Waals surface area contributed by atoms with Crippen LogP contribution in [0.2, 0.25) is 0 Å². The van der Waals surface area contributed by atoms with Gasteiger partial charge in [-0.05, 0) is 38.8 Å². The predicted molar refractivity (Wildman–Crippen MR) is 68.5 cm³/mol. The van der Waals surface area contributed by atoms with Crippen molar-refractivity contribution in [1.82, 2.24) is 10.0 Å². The Kier molecular flexibility index (Phi) is 7.03. The normalized spacial score (nSPS) is 18.4. The fourth-order valence-electron chi connectivity index (χ4n) is 1.85. The second-order valence-electron chi connectivity index (χ2n) is 4.39. The maximum atomic E-state index is 11.3. The first kappa shape index (κ1) is 14.9. The molecule has 1 saturated heterocycles. The van der Waals surface area contributed by atoms with Crippen molar-refractivity contribution in [3.05, 3.63) is 0 Å². The van der Waals surface area contributed by atoms with Crippen molar-refractivity contribution in [2.24, 2.45) is 0 Å². The van der Waals surface area contributed by atoms with E-state index in [0.717, 1.165) is 32.4 Å². The van der Waals surface area contributed by atoms with Crippen LogP contribution in [0.5, 0.6) is 0 Å². The van der Waals surface area contributed by atoms with Crippen LogP contribution >= 0.6 is 0 Å². The van der Waals surface area contributed by atoms with E-state index in [4.69, 9.17) is 4.74 Å². The summed E-state index contributed by atoms with van der Waals surface area (Å²) in [5, 5.41) is 3.28. The molecule has 0 unspecified atom stereocenters. The van der Waals surface area contributed by atoms with E-state index in [1.807, 2.05) is 6.92 Å². The zero-order valence-electron chi connectivity index (χ0n) is 10.6. The summed E-state index contributed by atoms with van der Waals surface area (Å²) < 4.78 is 30.9. The van der Waals surface area contributed by atoms with Gasteiger partial charge in [-0.2, -0.15) is 0 Å². The first-order chi connectivity index (χ1) is 8.14. The molecule has 17 heavy (non-hydrogen) atoms. The quantitative estimate of drug-likeness (QED) is 0.626. The monoisotopic (exact) mass is 264 g/mol. The van der Waals surface area contributed by atoms with E-state index in [2.05, 4.69) is 10.0 Å². The van der Waals surface area contributed by atoms with E-state index in [1.54, 1.807) is 0 Å². The number of piperidine rings is 1. The SMILES string of the molecule is CCCS(=O)(=O)NCCCOC1CCNCC1. The van der Waals surface area contributed by atoms with E-state index in [1.165, 1.54) is 0 Å². The first-order valence-electron chi connectivity index (χ1n) is 6.43. The Hall–Kier alpha value is -0.170. The molecule has 2 N–H and O–H groups in total. The van der Waals surface area contributed by atoms with Gasteiger partial charge in [0.2, 0.25) is 10.0 Å². The maximum Gasteiger partial charge on any atom is 0.211 e. The Morgan fingerprint density at radius 1 is 1.35 bits per heavy atom. The molecule has 0 saturated carbocycles. The summed E-state index contributed by atoms with van der Waals surface area (Å²) in [4.78, 5) is 0. The molecule has 0 atom stereocenters. The third kappa shape index (κ3) is 6.98. The molecule has 1 aliphatic rings. The summed E-state index contributed by atoms with van der Waals surface area (Å²) in [7, 11) is -3.05. The van der Waals surface area contributed by atoms with E-state index >= 15 is 0 Å². The molecule has 0 spiro atoms. The van der Waals surface area contributed by atoms with Crippen LogP contribution in [0.4, 0.5) is 0 Å². The molecule has 0 aromatic heterocycles. The van der Waals surface area contributed by atoms with Crippen molar-refractivity contribution < 1.29 is 13.2 Å². The average Bonchev–Trinajstić information content (AvgIpc) is 2.30. The fourth-order valence-corrected chi connectivity index (χ4v) is 2.99. The highest BCUT2D eigenvalue weighted by atomic mass is 32.2. The lowest BCUT2D eigenvalue weighted by Crippen LogP contribution is -2.33. The van der Waals surface area contributed by atoms with Gasteiger partial charge in [0.05, 0.1) is 11.9 Å². The summed E-state index contributed by atoms with van der Waals surface area (Å²) in [5.41, 5.74) is 0. The van der Waals surface area contributed by atoms with Crippen molar-refractivity contribution in [3.8, 4) is 0 Å². The smallest absolute Gasteiger partial charge is 0.211 e. The van der Waals surface area contributed by atoms with Gasteiger partial charge in [0.15, 0.2) is 0 Å². The highest BCUT2D eigenvalue weighted by Gasteiger charge is 2.13. The molecular formula is C11H24N2O3S. The van der Waals surface area contributed by atoms with E-state index in [-0.39, 0.29) is 5.75 Å². The van der Waals surface area contributed by atoms with Gasteiger partial charge in [0.25, 0.3) is 0 Å². The molecule has 6 heteroatoms. The lowest BCUT2D eigenvalue weighted by atomic mass is 10.1. The highest BCUT2D eigenvalue weighted by Crippen LogP contribution is 2.07. The molecule has 0 aromatic rings. The van der Waals surface area contributed by atoms with Gasteiger partial charge >= 0.3 is 0 Å². The second kappa shape index (κ2) is 8.02. The standard InChI is InChI=1S/C11H24N2O3S/c1-2-10-17(14,15)13-6-3-9-16-11-4-7-12-8-5-11/h11-13H,2-10H2,1H3. The Morgan fingerprint density at radius 2 is 2.06 bits per heavy atom. The topological polar surface area (TPSA) is 67.4 Å². The van der Waals surface area contributed by atoms with E-state index in [0.29, 0.717) is 25.7 Å². The van der Waals surface area contributed by atoms with Crippen molar-refractivity contribution in [1.29, 1.82) is 0 Å². The minimum absolute atomic E-state index is 0.210. The largest absolute Gasteiger partial charge is 0.378 e. The Balaban J connectivity index is 2.00. The minimum atomic E-state index is -3.05. The molecule has 0 amide bonds. The summed E-state index contributed by atoms with van der Waals surface area (Å²) >= 11 is 0. The Morgan fingerprint density at radius 3 is 2.71 bits per heavy atom. The van der Waals surface area contributed by atoms with Gasteiger partial charge in [-0.1, -0.05) is 6.92 Å². The van der Waals surface area contributed by atoms with Crippen molar-refractivity contribution in [2.45, 2.75) is 38.7 Å². The maximum absolute atomic E-state index is 11.3. The molecule has 1 fully saturated rings. The van der Waals surface area contributed by atoms with Gasteiger partial charge in [-0.25, -0.2) is 13.1 Å². The van der Waals surface area contributed by atoms with E-state index < -0.39 is 10.0 Å². The number of rotatable bonds is 8. The van der Waals surface area contributed by atoms with Crippen LogP contribution < -0.4 is 10.0 Å². The van der Waals surface area contributed by atoms with E-state index in [9.17, 15) is 8.42 Å². The molecule has 0 radical (unpaired) electrons. The summed E-state index contributed by atoms with van der Waals surface area (Å²) in [5.74, 6) is 0.210. The van der Waals surface area contributed by atoms with Crippen LogP contribution in [0.1, 0.15) is 32.6 Å². The molecule has 0 aliphatic carbocycles. The number of hydrogen-bond donors (Lipinski definition) is 2. The molecule has 0 bridgehead atoms. The van der Waals surface area contributed by atoms with Crippen LogP contribution in [0.3, 0.4) is 0 Å². The molecule has 0 aromatic carbocycles. The number of hydrogen-bond acceptors (Lipinski definition) is 4. The molecule has 5 nitrogen and oxygen atoms in total. The lowest BCUT2D eigenvalue weighted by molar-refractivity contribution is 0.0322. The average molecular weight is 264 g/mol. The Bertz CT molecular complexity index is 287. The number of ether oxygens (including phenoxy) is 1. The van der Waals surface area contributed by atoms with Crippen molar-refractivity contribution >= 4 is 10.0 Å². The highest BCUT2D eigenvalue weighted by molar-refractivity contribution is 7.89. The molecule has 102 valence electrons. The van der Waals surface area contributed by atoms with Crippen LogP contribution in [-0.2, 0) is 14.8 Å². The third-order valence-electron chi connectivity index (χ3n) is 2.76. The molecule has 1 rings (SSSR count). The third-order valence-corrected chi connectivity index (χ3v) is 4.35.